The highest BCUT2D eigenvalue weighted by molar-refractivity contribution is 6.31. The van der Waals surface area contributed by atoms with Crippen LogP contribution in [0, 0.1) is 17.8 Å². The van der Waals surface area contributed by atoms with Gasteiger partial charge in [-0.15, -0.1) is 0 Å². The summed E-state index contributed by atoms with van der Waals surface area (Å²) in [7, 11) is 0. The second-order valence-corrected chi connectivity index (χ2v) is 7.89. The van der Waals surface area contributed by atoms with Crippen molar-refractivity contribution in [3.8, 4) is 0 Å². The number of alkyl halides is 2. The number of nitrogens with zero attached hydrogens (tertiary/aromatic N) is 2. The molecule has 1 unspecified atom stereocenters. The lowest BCUT2D eigenvalue weighted by Crippen LogP contribution is -2.51. The molecule has 1 amide bonds. The van der Waals surface area contributed by atoms with Gasteiger partial charge in [-0.1, -0.05) is 11.6 Å². The summed E-state index contributed by atoms with van der Waals surface area (Å²) in [5.41, 5.74) is 0.429. The molecule has 8 heteroatoms. The Morgan fingerprint density at radius 2 is 2.04 bits per heavy atom. The minimum Gasteiger partial charge on any atom is -0.382 e. The van der Waals surface area contributed by atoms with Gasteiger partial charge in [-0.05, 0) is 36.8 Å². The van der Waals surface area contributed by atoms with Gasteiger partial charge in [0.05, 0.1) is 11.7 Å². The van der Waals surface area contributed by atoms with Gasteiger partial charge >= 0.3 is 0 Å². The molecular weight excluding hydrogens is 364 g/mol. The lowest BCUT2D eigenvalue weighted by molar-refractivity contribution is -0.182. The lowest BCUT2D eigenvalue weighted by atomic mass is 9.77. The predicted octanol–water partition coefficient (Wildman–Crippen LogP) is 3.39. The van der Waals surface area contributed by atoms with E-state index in [2.05, 4.69) is 10.2 Å². The molecule has 2 aromatic rings. The number of piperidine rings is 1. The van der Waals surface area contributed by atoms with Gasteiger partial charge in [-0.3, -0.25) is 9.89 Å². The summed E-state index contributed by atoms with van der Waals surface area (Å²) >= 11 is 6.04. The van der Waals surface area contributed by atoms with Gasteiger partial charge in [0.1, 0.15) is 6.10 Å². The van der Waals surface area contributed by atoms with Crippen LogP contribution in [-0.2, 0) is 4.79 Å². The minimum atomic E-state index is -3.32. The average Bonchev–Trinajstić information content (AvgIpc) is 3.15. The number of likely N-dealkylation sites (tertiary alicyclic amines) is 1. The molecular formula is C18H20ClF2N3O2. The van der Waals surface area contributed by atoms with Crippen LogP contribution in [0.15, 0.2) is 18.3 Å². The zero-order valence-electron chi connectivity index (χ0n) is 14.3. The number of aliphatic hydroxyl groups excluding tert-OH is 1. The SMILES string of the molecule is CC(=O)N1C[C@H]2CC[C@@H](C1)[C@@H]2C(F)(F)C(O)c1cc(Cl)cc2cn[nH]c12. The maximum absolute atomic E-state index is 15.4. The second kappa shape index (κ2) is 6.16. The van der Waals surface area contributed by atoms with Crippen LogP contribution >= 0.6 is 11.6 Å². The Labute approximate surface area is 154 Å². The number of benzene rings is 1. The Kier molecular flexibility index (Phi) is 4.19. The Morgan fingerprint density at radius 3 is 2.65 bits per heavy atom. The van der Waals surface area contributed by atoms with E-state index in [-0.39, 0.29) is 28.3 Å². The molecule has 1 aromatic carbocycles. The van der Waals surface area contributed by atoms with Crippen molar-refractivity contribution in [1.82, 2.24) is 15.1 Å². The fourth-order valence-corrected chi connectivity index (χ4v) is 5.00. The van der Waals surface area contributed by atoms with Crippen molar-refractivity contribution in [2.45, 2.75) is 31.8 Å². The van der Waals surface area contributed by atoms with Gasteiger partial charge in [0.15, 0.2) is 0 Å². The second-order valence-electron chi connectivity index (χ2n) is 7.45. The number of halogens is 3. The normalized spacial score (nSPS) is 27.1. The molecule has 0 radical (unpaired) electrons. The van der Waals surface area contributed by atoms with Crippen LogP contribution in [-0.4, -0.2) is 45.1 Å². The van der Waals surface area contributed by atoms with Crippen LogP contribution in [0.25, 0.3) is 10.9 Å². The first kappa shape index (κ1) is 17.7. The molecule has 1 saturated heterocycles. The van der Waals surface area contributed by atoms with E-state index < -0.39 is 17.9 Å². The van der Waals surface area contributed by atoms with Crippen LogP contribution < -0.4 is 0 Å². The summed E-state index contributed by atoms with van der Waals surface area (Å²) in [5.74, 6) is -4.97. The van der Waals surface area contributed by atoms with Crippen molar-refractivity contribution in [3.63, 3.8) is 0 Å². The first-order chi connectivity index (χ1) is 12.3. The smallest absolute Gasteiger partial charge is 0.281 e. The van der Waals surface area contributed by atoms with E-state index in [1.807, 2.05) is 0 Å². The molecule has 1 aliphatic carbocycles. The molecule has 140 valence electrons. The van der Waals surface area contributed by atoms with Crippen molar-refractivity contribution in [2.24, 2.45) is 17.8 Å². The molecule has 1 saturated carbocycles. The summed E-state index contributed by atoms with van der Waals surface area (Å²) in [6, 6.07) is 2.98. The summed E-state index contributed by atoms with van der Waals surface area (Å²) in [4.78, 5) is 13.3. The zero-order chi connectivity index (χ0) is 18.6. The molecule has 2 fully saturated rings. The highest BCUT2D eigenvalue weighted by Crippen LogP contribution is 2.53. The number of hydrogen-bond acceptors (Lipinski definition) is 3. The number of aromatic amines is 1. The Hall–Kier alpha value is -1.73. The number of carbonyl (C=O) groups excluding carboxylic acids is 1. The number of rotatable bonds is 3. The van der Waals surface area contributed by atoms with Gasteiger partial charge in [0.25, 0.3) is 5.92 Å². The zero-order valence-corrected chi connectivity index (χ0v) is 15.0. The largest absolute Gasteiger partial charge is 0.382 e. The molecule has 0 spiro atoms. The van der Waals surface area contributed by atoms with E-state index in [0.29, 0.717) is 36.8 Å². The summed E-state index contributed by atoms with van der Waals surface area (Å²) in [6.07, 6.45) is 0.804. The van der Waals surface area contributed by atoms with Gasteiger partial charge < -0.3 is 10.0 Å². The van der Waals surface area contributed by atoms with Crippen LogP contribution in [0.5, 0.6) is 0 Å². The van der Waals surface area contributed by atoms with Crippen molar-refractivity contribution in [3.05, 3.63) is 28.9 Å². The number of hydrogen-bond donors (Lipinski definition) is 2. The number of carbonyl (C=O) groups is 1. The van der Waals surface area contributed by atoms with E-state index in [1.165, 1.54) is 19.2 Å². The van der Waals surface area contributed by atoms with Gasteiger partial charge in [0.2, 0.25) is 5.91 Å². The summed E-state index contributed by atoms with van der Waals surface area (Å²) < 4.78 is 30.8. The maximum Gasteiger partial charge on any atom is 0.281 e. The van der Waals surface area contributed by atoms with E-state index >= 15 is 8.78 Å². The quantitative estimate of drug-likeness (QED) is 0.853. The summed E-state index contributed by atoms with van der Waals surface area (Å²) in [6.45, 7) is 2.12. The number of fused-ring (bicyclic) bond motifs is 3. The monoisotopic (exact) mass is 383 g/mol. The molecule has 1 aliphatic heterocycles. The van der Waals surface area contributed by atoms with Crippen molar-refractivity contribution >= 4 is 28.4 Å². The van der Waals surface area contributed by atoms with Crippen LogP contribution in [0.3, 0.4) is 0 Å². The third-order valence-electron chi connectivity index (χ3n) is 5.93. The van der Waals surface area contributed by atoms with Gasteiger partial charge in [0, 0.05) is 41.9 Å². The van der Waals surface area contributed by atoms with E-state index in [1.54, 1.807) is 11.0 Å². The van der Waals surface area contributed by atoms with Crippen molar-refractivity contribution in [1.29, 1.82) is 0 Å². The molecule has 26 heavy (non-hydrogen) atoms. The lowest BCUT2D eigenvalue weighted by Gasteiger charge is -2.42. The average molecular weight is 384 g/mol. The van der Waals surface area contributed by atoms with E-state index in [0.717, 1.165) is 0 Å². The number of amides is 1. The molecule has 4 rings (SSSR count). The molecule has 2 bridgehead atoms. The maximum atomic E-state index is 15.4. The Bertz CT molecular complexity index is 842. The van der Waals surface area contributed by atoms with Gasteiger partial charge in [-0.25, -0.2) is 8.78 Å². The third kappa shape index (κ3) is 2.68. The first-order valence-corrected chi connectivity index (χ1v) is 9.10. The highest BCUT2D eigenvalue weighted by atomic mass is 35.5. The predicted molar refractivity (Wildman–Crippen MR) is 93.0 cm³/mol. The molecule has 2 N–H and O–H groups in total. The standard InChI is InChI=1S/C18H20ClF2N3O2/c1-9(25)24-7-10-2-3-11(8-24)15(10)18(20,21)17(26)14-5-13(19)4-12-6-22-23-16(12)14/h4-6,10-11,15,17,26H,2-3,7-8H2,1H3,(H,22,23)/t10-,11+,15-,17?. The summed E-state index contributed by atoms with van der Waals surface area (Å²) in [5, 5.41) is 18.0. The van der Waals surface area contributed by atoms with E-state index in [9.17, 15) is 9.90 Å². The number of nitrogens with one attached hydrogen (secondary N) is 1. The molecule has 5 nitrogen and oxygen atoms in total. The fourth-order valence-electron chi connectivity index (χ4n) is 4.76. The Balaban J connectivity index is 1.68. The fraction of sp³-hybridized carbons (Fsp3) is 0.556. The number of H-pyrrole nitrogens is 1. The first-order valence-electron chi connectivity index (χ1n) is 8.73. The number of aliphatic hydroxyl groups is 1. The molecule has 2 aliphatic rings. The number of aromatic nitrogens is 2. The van der Waals surface area contributed by atoms with Crippen LogP contribution in [0.4, 0.5) is 8.78 Å². The minimum absolute atomic E-state index is 0.0587. The molecule has 4 atom stereocenters. The van der Waals surface area contributed by atoms with Crippen molar-refractivity contribution < 1.29 is 18.7 Å². The van der Waals surface area contributed by atoms with E-state index in [4.69, 9.17) is 11.6 Å². The van der Waals surface area contributed by atoms with Crippen LogP contribution in [0.2, 0.25) is 5.02 Å². The highest BCUT2D eigenvalue weighted by Gasteiger charge is 2.58. The topological polar surface area (TPSA) is 69.2 Å². The molecule has 1 aromatic heterocycles. The Morgan fingerprint density at radius 1 is 1.38 bits per heavy atom. The molecule has 2 heterocycles. The van der Waals surface area contributed by atoms with Gasteiger partial charge in [-0.2, -0.15) is 5.10 Å². The van der Waals surface area contributed by atoms with Crippen molar-refractivity contribution in [2.75, 3.05) is 13.1 Å². The van der Waals surface area contributed by atoms with Crippen LogP contribution in [0.1, 0.15) is 31.4 Å². The third-order valence-corrected chi connectivity index (χ3v) is 6.15.